The molecule has 0 aliphatic rings. The number of hydrogen-bond donors (Lipinski definition) is 2. The van der Waals surface area contributed by atoms with E-state index < -0.39 is 6.03 Å². The number of amides is 1. The first kappa shape index (κ1) is 19.0. The Bertz CT molecular complexity index is 833. The molecule has 3 aromatic rings. The molecule has 136 valence electrons. The lowest BCUT2D eigenvalue weighted by molar-refractivity contribution is 0.242. The highest BCUT2D eigenvalue weighted by Gasteiger charge is 2.16. The minimum Gasteiger partial charge on any atom is -0.350 e. The molecule has 0 aliphatic carbocycles. The van der Waals surface area contributed by atoms with Crippen molar-refractivity contribution in [2.24, 2.45) is 0 Å². The number of halogens is 1. The molecule has 2 N–H and O–H groups in total. The summed E-state index contributed by atoms with van der Waals surface area (Å²) in [5.74, 6) is 0.372. The Labute approximate surface area is 151 Å². The van der Waals surface area contributed by atoms with Crippen LogP contribution in [0.2, 0.25) is 0 Å². The molecule has 8 heteroatoms. The topological polar surface area (TPSA) is 84.7 Å². The zero-order valence-electron chi connectivity index (χ0n) is 14.9. The normalized spacial score (nSPS) is 9.85. The minimum absolute atomic E-state index is 0.289. The highest BCUT2D eigenvalue weighted by molar-refractivity contribution is 5.79. The van der Waals surface area contributed by atoms with Crippen molar-refractivity contribution >= 4 is 12.0 Å². The van der Waals surface area contributed by atoms with E-state index in [9.17, 15) is 9.18 Å². The standard InChI is InChI=1S/C16H15FN6O.C2H6/c1-18-16(24)23-15(20-9-11-4-6-13(17)7-5-11)21-14(22-23)12-3-2-8-19-10-12;1-2/h2-8,10H,9H2,1H3,(H,18,24)(H,20,21,22);1-2H3. The first-order chi connectivity index (χ1) is 12.7. The SMILES string of the molecule is CC.CNC(=O)n1nc(-c2cccnc2)nc1NCc1ccc(F)cc1. The van der Waals surface area contributed by atoms with Gasteiger partial charge in [-0.2, -0.15) is 4.98 Å². The Morgan fingerprint density at radius 2 is 1.92 bits per heavy atom. The number of benzene rings is 1. The van der Waals surface area contributed by atoms with Crippen molar-refractivity contribution in [2.45, 2.75) is 20.4 Å². The second-order valence-electron chi connectivity index (χ2n) is 4.95. The maximum Gasteiger partial charge on any atom is 0.345 e. The summed E-state index contributed by atoms with van der Waals surface area (Å²) < 4.78 is 14.1. The fraction of sp³-hybridized carbons (Fsp3) is 0.222. The maximum atomic E-state index is 13.0. The molecule has 1 aromatic carbocycles. The van der Waals surface area contributed by atoms with E-state index in [1.807, 2.05) is 13.8 Å². The van der Waals surface area contributed by atoms with E-state index in [0.717, 1.165) is 10.2 Å². The maximum absolute atomic E-state index is 13.0. The van der Waals surface area contributed by atoms with Gasteiger partial charge in [-0.1, -0.05) is 26.0 Å². The zero-order chi connectivity index (χ0) is 18.9. The average Bonchev–Trinajstić information content (AvgIpc) is 3.13. The average molecular weight is 356 g/mol. The molecule has 0 fully saturated rings. The summed E-state index contributed by atoms with van der Waals surface area (Å²) in [4.78, 5) is 20.3. The molecule has 0 aliphatic heterocycles. The number of nitrogens with zero attached hydrogens (tertiary/aromatic N) is 4. The Hall–Kier alpha value is -3.29. The molecule has 0 atom stereocenters. The van der Waals surface area contributed by atoms with Crippen LogP contribution in [0.3, 0.4) is 0 Å². The number of rotatable bonds is 4. The third-order valence-electron chi connectivity index (χ3n) is 3.30. The molecule has 26 heavy (non-hydrogen) atoms. The van der Waals surface area contributed by atoms with E-state index in [4.69, 9.17) is 0 Å². The summed E-state index contributed by atoms with van der Waals surface area (Å²) in [7, 11) is 1.51. The summed E-state index contributed by atoms with van der Waals surface area (Å²) in [6, 6.07) is 9.22. The van der Waals surface area contributed by atoms with Gasteiger partial charge in [0.05, 0.1) is 0 Å². The predicted molar refractivity (Wildman–Crippen MR) is 98.2 cm³/mol. The van der Waals surface area contributed by atoms with Crippen LogP contribution in [0, 0.1) is 5.82 Å². The first-order valence-corrected chi connectivity index (χ1v) is 8.25. The van der Waals surface area contributed by atoms with Crippen molar-refractivity contribution < 1.29 is 9.18 Å². The first-order valence-electron chi connectivity index (χ1n) is 8.25. The largest absolute Gasteiger partial charge is 0.350 e. The molecule has 0 radical (unpaired) electrons. The van der Waals surface area contributed by atoms with Gasteiger partial charge >= 0.3 is 6.03 Å². The van der Waals surface area contributed by atoms with Gasteiger partial charge in [-0.15, -0.1) is 9.78 Å². The van der Waals surface area contributed by atoms with Gasteiger partial charge in [-0.05, 0) is 29.8 Å². The van der Waals surface area contributed by atoms with Gasteiger partial charge in [0.25, 0.3) is 0 Å². The van der Waals surface area contributed by atoms with Gasteiger partial charge in [0, 0.05) is 31.5 Å². The Kier molecular flexibility index (Phi) is 6.78. The van der Waals surface area contributed by atoms with Crippen molar-refractivity contribution in [3.05, 3.63) is 60.2 Å². The molecule has 2 heterocycles. The molecular formula is C18H21FN6O. The number of carbonyl (C=O) groups is 1. The number of anilines is 1. The molecule has 0 bridgehead atoms. The van der Waals surface area contributed by atoms with Crippen LogP contribution in [0.4, 0.5) is 15.1 Å². The third-order valence-corrected chi connectivity index (χ3v) is 3.30. The second-order valence-corrected chi connectivity index (χ2v) is 4.95. The van der Waals surface area contributed by atoms with Crippen LogP contribution < -0.4 is 10.6 Å². The smallest absolute Gasteiger partial charge is 0.345 e. The van der Waals surface area contributed by atoms with E-state index in [0.29, 0.717) is 17.9 Å². The van der Waals surface area contributed by atoms with Gasteiger partial charge in [0.2, 0.25) is 5.95 Å². The van der Waals surface area contributed by atoms with Gasteiger partial charge < -0.3 is 10.6 Å². The van der Waals surface area contributed by atoms with Crippen molar-refractivity contribution in [2.75, 3.05) is 12.4 Å². The molecule has 7 nitrogen and oxygen atoms in total. The Balaban J connectivity index is 0.00000117. The van der Waals surface area contributed by atoms with Crippen LogP contribution in [0.1, 0.15) is 19.4 Å². The Morgan fingerprint density at radius 3 is 2.54 bits per heavy atom. The summed E-state index contributed by atoms with van der Waals surface area (Å²) >= 11 is 0. The molecule has 1 amide bonds. The highest BCUT2D eigenvalue weighted by atomic mass is 19.1. The van der Waals surface area contributed by atoms with Crippen molar-refractivity contribution in [3.63, 3.8) is 0 Å². The molecule has 3 rings (SSSR count). The molecule has 0 spiro atoms. The quantitative estimate of drug-likeness (QED) is 0.749. The Morgan fingerprint density at radius 1 is 1.19 bits per heavy atom. The fourth-order valence-corrected chi connectivity index (χ4v) is 2.07. The number of nitrogens with one attached hydrogen (secondary N) is 2. The summed E-state index contributed by atoms with van der Waals surface area (Å²) in [5, 5.41) is 9.76. The summed E-state index contributed by atoms with van der Waals surface area (Å²) in [6.45, 7) is 4.38. The molecule has 0 saturated heterocycles. The van der Waals surface area contributed by atoms with Crippen LogP contribution in [0.25, 0.3) is 11.4 Å². The number of carbonyl (C=O) groups excluding carboxylic acids is 1. The molecule has 0 saturated carbocycles. The van der Waals surface area contributed by atoms with E-state index in [2.05, 4.69) is 25.7 Å². The van der Waals surface area contributed by atoms with Gasteiger partial charge in [-0.3, -0.25) is 4.98 Å². The number of hydrogen-bond acceptors (Lipinski definition) is 5. The van der Waals surface area contributed by atoms with Crippen LogP contribution >= 0.6 is 0 Å². The third kappa shape index (κ3) is 4.62. The monoisotopic (exact) mass is 356 g/mol. The summed E-state index contributed by atoms with van der Waals surface area (Å²) in [5.41, 5.74) is 1.55. The van der Waals surface area contributed by atoms with Crippen LogP contribution in [-0.2, 0) is 6.54 Å². The summed E-state index contributed by atoms with van der Waals surface area (Å²) in [6.07, 6.45) is 3.26. The lowest BCUT2D eigenvalue weighted by atomic mass is 10.2. The van der Waals surface area contributed by atoms with Crippen LogP contribution in [0.5, 0.6) is 0 Å². The van der Waals surface area contributed by atoms with E-state index >= 15 is 0 Å². The fourth-order valence-electron chi connectivity index (χ4n) is 2.07. The molecule has 2 aromatic heterocycles. The van der Waals surface area contributed by atoms with E-state index in [1.165, 1.54) is 19.2 Å². The van der Waals surface area contributed by atoms with Crippen LogP contribution in [-0.4, -0.2) is 32.8 Å². The lowest BCUT2D eigenvalue weighted by Crippen LogP contribution is -2.27. The van der Waals surface area contributed by atoms with Gasteiger partial charge in [-0.25, -0.2) is 9.18 Å². The predicted octanol–water partition coefficient (Wildman–Crippen LogP) is 3.31. The van der Waals surface area contributed by atoms with E-state index in [1.54, 1.807) is 36.7 Å². The number of pyridine rings is 1. The minimum atomic E-state index is -0.417. The van der Waals surface area contributed by atoms with Crippen molar-refractivity contribution in [3.8, 4) is 11.4 Å². The van der Waals surface area contributed by atoms with E-state index in [-0.39, 0.29) is 11.8 Å². The molecule has 0 unspecified atom stereocenters. The molecular weight excluding hydrogens is 335 g/mol. The van der Waals surface area contributed by atoms with Crippen molar-refractivity contribution in [1.29, 1.82) is 0 Å². The van der Waals surface area contributed by atoms with Crippen LogP contribution in [0.15, 0.2) is 48.8 Å². The second kappa shape index (κ2) is 9.26. The van der Waals surface area contributed by atoms with Crippen molar-refractivity contribution in [1.82, 2.24) is 25.1 Å². The zero-order valence-corrected chi connectivity index (χ0v) is 14.9. The highest BCUT2D eigenvalue weighted by Crippen LogP contribution is 2.17. The van der Waals surface area contributed by atoms with Gasteiger partial charge in [0.1, 0.15) is 5.82 Å². The lowest BCUT2D eigenvalue weighted by Gasteiger charge is -2.06. The number of aromatic nitrogens is 4. The van der Waals surface area contributed by atoms with Gasteiger partial charge in [0.15, 0.2) is 5.82 Å².